The summed E-state index contributed by atoms with van der Waals surface area (Å²) in [5.74, 6) is 0.544. The molecule has 0 bridgehead atoms. The molecule has 0 aliphatic rings. The van der Waals surface area contributed by atoms with Gasteiger partial charge < -0.3 is 10.6 Å². The van der Waals surface area contributed by atoms with Gasteiger partial charge in [-0.1, -0.05) is 50.6 Å². The summed E-state index contributed by atoms with van der Waals surface area (Å²) in [6.07, 6.45) is 1.68. The van der Waals surface area contributed by atoms with Gasteiger partial charge in [0, 0.05) is 13.6 Å². The zero-order chi connectivity index (χ0) is 13.5. The van der Waals surface area contributed by atoms with Crippen LogP contribution in [-0.4, -0.2) is 30.4 Å². The van der Waals surface area contributed by atoms with Gasteiger partial charge in [0.25, 0.3) is 0 Å². The number of likely N-dealkylation sites (N-methyl/N-ethyl adjacent to an activating group) is 1. The highest BCUT2D eigenvalue weighted by atomic mass is 16.2. The summed E-state index contributed by atoms with van der Waals surface area (Å²) in [6.45, 7) is 5.05. The highest BCUT2D eigenvalue weighted by molar-refractivity contribution is 5.81. The van der Waals surface area contributed by atoms with Crippen LogP contribution < -0.4 is 5.73 Å². The third kappa shape index (κ3) is 4.49. The van der Waals surface area contributed by atoms with E-state index in [1.54, 1.807) is 4.90 Å². The van der Waals surface area contributed by atoms with E-state index >= 15 is 0 Å². The largest absolute Gasteiger partial charge is 0.344 e. The molecule has 18 heavy (non-hydrogen) atoms. The Hall–Kier alpha value is -1.35. The fourth-order valence-electron chi connectivity index (χ4n) is 1.92. The lowest BCUT2D eigenvalue weighted by molar-refractivity contribution is -0.131. The molecule has 2 atom stereocenters. The number of amides is 1. The maximum atomic E-state index is 12.1. The summed E-state index contributed by atoms with van der Waals surface area (Å²) < 4.78 is 0. The average molecular weight is 248 g/mol. The van der Waals surface area contributed by atoms with E-state index in [1.165, 1.54) is 0 Å². The Labute approximate surface area is 110 Å². The summed E-state index contributed by atoms with van der Waals surface area (Å²) in [6, 6.07) is 9.46. The molecular formula is C15H24N2O. The third-order valence-corrected chi connectivity index (χ3v) is 3.27. The molecule has 0 aliphatic carbocycles. The number of rotatable bonds is 6. The van der Waals surface area contributed by atoms with Gasteiger partial charge in [0.1, 0.15) is 0 Å². The van der Waals surface area contributed by atoms with E-state index < -0.39 is 6.04 Å². The Bertz CT molecular complexity index is 364. The predicted octanol–water partition coefficient (Wildman–Crippen LogP) is 2.06. The number of hydrogen-bond acceptors (Lipinski definition) is 2. The number of carbonyl (C=O) groups is 1. The van der Waals surface area contributed by atoms with Crippen molar-refractivity contribution in [2.75, 3.05) is 13.6 Å². The Morgan fingerprint density at radius 3 is 2.50 bits per heavy atom. The molecule has 1 aromatic carbocycles. The number of hydrogen-bond donors (Lipinski definition) is 1. The van der Waals surface area contributed by atoms with Crippen LogP contribution in [0.1, 0.15) is 25.8 Å². The molecule has 0 saturated carbocycles. The molecule has 0 aromatic heterocycles. The minimum absolute atomic E-state index is 0.0270. The molecule has 3 nitrogen and oxygen atoms in total. The molecule has 2 N–H and O–H groups in total. The van der Waals surface area contributed by atoms with Crippen LogP contribution in [0, 0.1) is 5.92 Å². The summed E-state index contributed by atoms with van der Waals surface area (Å²) in [4.78, 5) is 13.9. The first-order valence-corrected chi connectivity index (χ1v) is 6.59. The van der Waals surface area contributed by atoms with Crippen LogP contribution in [-0.2, 0) is 11.2 Å². The number of benzene rings is 1. The van der Waals surface area contributed by atoms with Crippen molar-refractivity contribution in [1.82, 2.24) is 4.90 Å². The van der Waals surface area contributed by atoms with Crippen molar-refractivity contribution >= 4 is 5.91 Å². The third-order valence-electron chi connectivity index (χ3n) is 3.27. The first kappa shape index (κ1) is 14.7. The molecule has 1 amide bonds. The van der Waals surface area contributed by atoms with Crippen LogP contribution >= 0.6 is 0 Å². The zero-order valence-electron chi connectivity index (χ0n) is 11.6. The van der Waals surface area contributed by atoms with Crippen molar-refractivity contribution in [2.24, 2.45) is 11.7 Å². The lowest BCUT2D eigenvalue weighted by atomic mass is 10.0. The lowest BCUT2D eigenvalue weighted by Crippen LogP contribution is -2.44. The highest BCUT2D eigenvalue weighted by Crippen LogP contribution is 2.07. The monoisotopic (exact) mass is 248 g/mol. The number of nitrogens with zero attached hydrogens (tertiary/aromatic N) is 1. The van der Waals surface area contributed by atoms with Gasteiger partial charge in [0.15, 0.2) is 0 Å². The summed E-state index contributed by atoms with van der Waals surface area (Å²) in [7, 11) is 1.83. The van der Waals surface area contributed by atoms with E-state index in [2.05, 4.69) is 13.8 Å². The van der Waals surface area contributed by atoms with Gasteiger partial charge in [0.2, 0.25) is 5.91 Å². The summed E-state index contributed by atoms with van der Waals surface area (Å²) in [5.41, 5.74) is 7.08. The van der Waals surface area contributed by atoms with E-state index in [0.717, 1.165) is 18.5 Å². The fraction of sp³-hybridized carbons (Fsp3) is 0.533. The van der Waals surface area contributed by atoms with Gasteiger partial charge in [-0.3, -0.25) is 4.79 Å². The smallest absolute Gasteiger partial charge is 0.239 e. The van der Waals surface area contributed by atoms with Crippen LogP contribution in [0.5, 0.6) is 0 Å². The van der Waals surface area contributed by atoms with Gasteiger partial charge >= 0.3 is 0 Å². The minimum Gasteiger partial charge on any atom is -0.344 e. The fourth-order valence-corrected chi connectivity index (χ4v) is 1.92. The second kappa shape index (κ2) is 7.17. The molecule has 3 heteroatoms. The van der Waals surface area contributed by atoms with Gasteiger partial charge in [-0.15, -0.1) is 0 Å². The number of nitrogens with two attached hydrogens (primary N) is 1. The van der Waals surface area contributed by atoms with E-state index in [9.17, 15) is 4.79 Å². The van der Waals surface area contributed by atoms with Crippen molar-refractivity contribution in [1.29, 1.82) is 0 Å². The molecule has 1 unspecified atom stereocenters. The van der Waals surface area contributed by atoms with Crippen LogP contribution in [0.25, 0.3) is 0 Å². The Morgan fingerprint density at radius 1 is 1.33 bits per heavy atom. The predicted molar refractivity (Wildman–Crippen MR) is 75.2 cm³/mol. The van der Waals surface area contributed by atoms with E-state index in [4.69, 9.17) is 5.73 Å². The van der Waals surface area contributed by atoms with E-state index in [0.29, 0.717) is 12.3 Å². The van der Waals surface area contributed by atoms with Crippen LogP contribution in [0.4, 0.5) is 0 Å². The Balaban J connectivity index is 2.51. The average Bonchev–Trinajstić information content (AvgIpc) is 2.38. The van der Waals surface area contributed by atoms with Crippen molar-refractivity contribution in [2.45, 2.75) is 32.7 Å². The first-order chi connectivity index (χ1) is 8.54. The van der Waals surface area contributed by atoms with Crippen LogP contribution in [0.2, 0.25) is 0 Å². The van der Waals surface area contributed by atoms with Crippen molar-refractivity contribution in [3.05, 3.63) is 35.9 Å². The second-order valence-electron chi connectivity index (χ2n) is 5.03. The molecule has 0 radical (unpaired) electrons. The first-order valence-electron chi connectivity index (χ1n) is 6.59. The van der Waals surface area contributed by atoms with E-state index in [1.807, 2.05) is 37.4 Å². The van der Waals surface area contributed by atoms with E-state index in [-0.39, 0.29) is 5.91 Å². The molecule has 0 fully saturated rings. The van der Waals surface area contributed by atoms with Gasteiger partial charge in [-0.2, -0.15) is 0 Å². The number of carbonyl (C=O) groups excluding carboxylic acids is 1. The maximum absolute atomic E-state index is 12.1. The second-order valence-corrected chi connectivity index (χ2v) is 5.03. The molecule has 0 saturated heterocycles. The topological polar surface area (TPSA) is 46.3 Å². The minimum atomic E-state index is -0.443. The molecule has 0 spiro atoms. The molecule has 100 valence electrons. The van der Waals surface area contributed by atoms with Gasteiger partial charge in [-0.05, 0) is 17.9 Å². The maximum Gasteiger partial charge on any atom is 0.239 e. The quantitative estimate of drug-likeness (QED) is 0.837. The van der Waals surface area contributed by atoms with Crippen molar-refractivity contribution < 1.29 is 4.79 Å². The molecule has 0 heterocycles. The van der Waals surface area contributed by atoms with Crippen LogP contribution in [0.15, 0.2) is 30.3 Å². The SMILES string of the molecule is CCC(C)CN(C)C(=O)[C@@H](N)Cc1ccccc1. The van der Waals surface area contributed by atoms with Crippen molar-refractivity contribution in [3.63, 3.8) is 0 Å². The lowest BCUT2D eigenvalue weighted by Gasteiger charge is -2.24. The van der Waals surface area contributed by atoms with Gasteiger partial charge in [-0.25, -0.2) is 0 Å². The Kier molecular flexibility index (Phi) is 5.86. The molecule has 1 rings (SSSR count). The van der Waals surface area contributed by atoms with Gasteiger partial charge in [0.05, 0.1) is 6.04 Å². The summed E-state index contributed by atoms with van der Waals surface area (Å²) in [5, 5.41) is 0. The standard InChI is InChI=1S/C15H24N2O/c1-4-12(2)11-17(3)15(18)14(16)10-13-8-6-5-7-9-13/h5-9,12,14H,4,10-11,16H2,1-3H3/t12?,14-/m0/s1. The zero-order valence-corrected chi connectivity index (χ0v) is 11.6. The molecule has 1 aromatic rings. The molecule has 0 aliphatic heterocycles. The molecular weight excluding hydrogens is 224 g/mol. The summed E-state index contributed by atoms with van der Waals surface area (Å²) >= 11 is 0. The van der Waals surface area contributed by atoms with Crippen molar-refractivity contribution in [3.8, 4) is 0 Å². The Morgan fingerprint density at radius 2 is 1.94 bits per heavy atom. The normalized spacial score (nSPS) is 14.0. The van der Waals surface area contributed by atoms with Crippen LogP contribution in [0.3, 0.4) is 0 Å². The highest BCUT2D eigenvalue weighted by Gasteiger charge is 2.19.